The number of hydrogen-bond donors (Lipinski definition) is 2. The van der Waals surface area contributed by atoms with Crippen molar-refractivity contribution in [3.05, 3.63) is 53.6 Å². The molecule has 158 valence electrons. The van der Waals surface area contributed by atoms with Gasteiger partial charge in [-0.2, -0.15) is 0 Å². The molecule has 0 aliphatic carbocycles. The van der Waals surface area contributed by atoms with Gasteiger partial charge in [0.2, 0.25) is 10.0 Å². The first-order chi connectivity index (χ1) is 14.4. The number of hydrogen-bond acceptors (Lipinski definition) is 7. The van der Waals surface area contributed by atoms with Crippen LogP contribution in [-0.2, 0) is 21.2 Å². The minimum absolute atomic E-state index is 0.0737. The average molecular weight is 447 g/mol. The number of aromatic nitrogens is 1. The number of sulfonamides is 1. The van der Waals surface area contributed by atoms with Gasteiger partial charge in [-0.1, -0.05) is 23.5 Å². The quantitative estimate of drug-likeness (QED) is 0.596. The summed E-state index contributed by atoms with van der Waals surface area (Å²) in [5.74, 6) is -0.153. The third-order valence-corrected chi connectivity index (χ3v) is 6.88. The van der Waals surface area contributed by atoms with Crippen LogP contribution < -0.4 is 15.4 Å². The normalized spacial score (nSPS) is 14.8. The van der Waals surface area contributed by atoms with Crippen molar-refractivity contribution in [2.75, 3.05) is 37.7 Å². The zero-order valence-electron chi connectivity index (χ0n) is 16.2. The molecule has 1 aromatic heterocycles. The standard InChI is InChI=1S/C20H22N4O4S2/c21-30(26,27)16-4-1-14(2-5-16)7-8-22-19(25)15-3-6-17-18(13-15)29-20(23-17)24-9-11-28-12-10-24/h1-6,13H,7-12H2,(H,22,25)(H2,21,26,27). The van der Waals surface area contributed by atoms with E-state index in [4.69, 9.17) is 9.88 Å². The number of carbonyl (C=O) groups excluding carboxylic acids is 1. The van der Waals surface area contributed by atoms with E-state index >= 15 is 0 Å². The Morgan fingerprint density at radius 1 is 1.17 bits per heavy atom. The van der Waals surface area contributed by atoms with Gasteiger partial charge in [0, 0.05) is 25.2 Å². The number of nitrogens with one attached hydrogen (secondary N) is 1. The molecule has 2 heterocycles. The van der Waals surface area contributed by atoms with Crippen molar-refractivity contribution >= 4 is 42.6 Å². The number of carbonyl (C=O) groups is 1. The average Bonchev–Trinajstić information content (AvgIpc) is 3.17. The molecule has 4 rings (SSSR count). The molecule has 1 amide bonds. The summed E-state index contributed by atoms with van der Waals surface area (Å²) < 4.78 is 29.0. The molecule has 0 radical (unpaired) electrons. The first-order valence-electron chi connectivity index (χ1n) is 9.53. The van der Waals surface area contributed by atoms with Gasteiger partial charge in [0.1, 0.15) is 0 Å². The number of anilines is 1. The second-order valence-electron chi connectivity index (χ2n) is 6.97. The van der Waals surface area contributed by atoms with Gasteiger partial charge in [-0.15, -0.1) is 0 Å². The number of benzene rings is 2. The predicted octanol–water partition coefficient (Wildman–Crippen LogP) is 1.75. The Morgan fingerprint density at radius 2 is 1.90 bits per heavy atom. The topological polar surface area (TPSA) is 115 Å². The molecule has 10 heteroatoms. The second kappa shape index (κ2) is 8.68. The minimum atomic E-state index is -3.70. The van der Waals surface area contributed by atoms with E-state index in [0.717, 1.165) is 34.0 Å². The van der Waals surface area contributed by atoms with Crippen LogP contribution in [0.3, 0.4) is 0 Å². The maximum atomic E-state index is 12.5. The van der Waals surface area contributed by atoms with Crippen LogP contribution in [0.25, 0.3) is 10.2 Å². The highest BCUT2D eigenvalue weighted by molar-refractivity contribution is 7.89. The van der Waals surface area contributed by atoms with Crippen LogP contribution in [0.5, 0.6) is 0 Å². The largest absolute Gasteiger partial charge is 0.378 e. The highest BCUT2D eigenvalue weighted by atomic mass is 32.2. The number of rotatable bonds is 6. The number of amides is 1. The molecule has 0 saturated carbocycles. The van der Waals surface area contributed by atoms with Gasteiger partial charge in [-0.3, -0.25) is 4.79 Å². The molecular weight excluding hydrogens is 424 g/mol. The molecule has 0 spiro atoms. The zero-order valence-corrected chi connectivity index (χ0v) is 17.8. The summed E-state index contributed by atoms with van der Waals surface area (Å²) in [6.07, 6.45) is 0.584. The summed E-state index contributed by atoms with van der Waals surface area (Å²) in [6.45, 7) is 3.49. The van der Waals surface area contributed by atoms with Gasteiger partial charge >= 0.3 is 0 Å². The molecule has 0 unspecified atom stereocenters. The second-order valence-corrected chi connectivity index (χ2v) is 9.54. The van der Waals surface area contributed by atoms with Crippen LogP contribution in [-0.4, -0.2) is 52.2 Å². The molecule has 1 aliphatic heterocycles. The first-order valence-corrected chi connectivity index (χ1v) is 11.9. The predicted molar refractivity (Wildman–Crippen MR) is 117 cm³/mol. The van der Waals surface area contributed by atoms with E-state index in [0.29, 0.717) is 31.7 Å². The molecule has 1 aliphatic rings. The van der Waals surface area contributed by atoms with Gasteiger partial charge in [0.25, 0.3) is 5.91 Å². The van der Waals surface area contributed by atoms with Crippen molar-refractivity contribution < 1.29 is 17.9 Å². The highest BCUT2D eigenvalue weighted by Crippen LogP contribution is 2.30. The lowest BCUT2D eigenvalue weighted by Crippen LogP contribution is -2.36. The van der Waals surface area contributed by atoms with Crippen molar-refractivity contribution in [2.45, 2.75) is 11.3 Å². The van der Waals surface area contributed by atoms with Gasteiger partial charge in [-0.25, -0.2) is 18.5 Å². The Bertz CT molecular complexity index is 1150. The number of nitrogens with two attached hydrogens (primary N) is 1. The Morgan fingerprint density at radius 3 is 2.60 bits per heavy atom. The minimum Gasteiger partial charge on any atom is -0.378 e. The smallest absolute Gasteiger partial charge is 0.251 e. The van der Waals surface area contributed by atoms with Gasteiger partial charge < -0.3 is 15.0 Å². The van der Waals surface area contributed by atoms with Gasteiger partial charge in [-0.05, 0) is 42.3 Å². The molecule has 0 bridgehead atoms. The first kappa shape index (κ1) is 20.7. The molecule has 30 heavy (non-hydrogen) atoms. The molecule has 3 aromatic rings. The van der Waals surface area contributed by atoms with Crippen molar-refractivity contribution in [1.82, 2.24) is 10.3 Å². The Labute approximate surface area is 178 Å². The lowest BCUT2D eigenvalue weighted by molar-refractivity contribution is 0.0954. The number of fused-ring (bicyclic) bond motifs is 1. The molecular formula is C20H22N4O4S2. The van der Waals surface area contributed by atoms with E-state index in [9.17, 15) is 13.2 Å². The van der Waals surface area contributed by atoms with Gasteiger partial charge in [0.05, 0.1) is 28.3 Å². The maximum absolute atomic E-state index is 12.5. The summed E-state index contributed by atoms with van der Waals surface area (Å²) in [5.41, 5.74) is 2.38. The fourth-order valence-corrected chi connectivity index (χ4v) is 4.78. The van der Waals surface area contributed by atoms with E-state index in [1.54, 1.807) is 29.5 Å². The molecule has 8 nitrogen and oxygen atoms in total. The van der Waals surface area contributed by atoms with E-state index < -0.39 is 10.0 Å². The highest BCUT2D eigenvalue weighted by Gasteiger charge is 2.16. The van der Waals surface area contributed by atoms with E-state index in [1.807, 2.05) is 12.1 Å². The van der Waals surface area contributed by atoms with E-state index in [2.05, 4.69) is 15.2 Å². The third-order valence-electron chi connectivity index (χ3n) is 4.87. The van der Waals surface area contributed by atoms with Crippen molar-refractivity contribution in [3.63, 3.8) is 0 Å². The maximum Gasteiger partial charge on any atom is 0.251 e. The number of nitrogens with zero attached hydrogens (tertiary/aromatic N) is 2. The molecule has 1 fully saturated rings. The zero-order chi connectivity index (χ0) is 21.1. The monoisotopic (exact) mass is 446 g/mol. The van der Waals surface area contributed by atoms with Crippen LogP contribution in [0.15, 0.2) is 47.4 Å². The van der Waals surface area contributed by atoms with Gasteiger partial charge in [0.15, 0.2) is 5.13 Å². The lowest BCUT2D eigenvalue weighted by Gasteiger charge is -2.25. The van der Waals surface area contributed by atoms with Crippen LogP contribution in [0.4, 0.5) is 5.13 Å². The van der Waals surface area contributed by atoms with E-state index in [1.165, 1.54) is 12.1 Å². The lowest BCUT2D eigenvalue weighted by atomic mass is 10.1. The number of thiazole rings is 1. The molecule has 1 saturated heterocycles. The molecule has 0 atom stereocenters. The Kier molecular flexibility index (Phi) is 6.00. The SMILES string of the molecule is NS(=O)(=O)c1ccc(CCNC(=O)c2ccc3nc(N4CCOCC4)sc3c2)cc1. The van der Waals surface area contributed by atoms with Crippen LogP contribution in [0, 0.1) is 0 Å². The Hall–Kier alpha value is -2.53. The van der Waals surface area contributed by atoms with Crippen molar-refractivity contribution in [2.24, 2.45) is 5.14 Å². The summed E-state index contributed by atoms with van der Waals surface area (Å²) >= 11 is 1.58. The summed E-state index contributed by atoms with van der Waals surface area (Å²) in [7, 11) is -3.70. The summed E-state index contributed by atoms with van der Waals surface area (Å²) in [4.78, 5) is 19.5. The van der Waals surface area contributed by atoms with Crippen molar-refractivity contribution in [1.29, 1.82) is 0 Å². The van der Waals surface area contributed by atoms with Crippen LogP contribution >= 0.6 is 11.3 Å². The van der Waals surface area contributed by atoms with Crippen LogP contribution in [0.2, 0.25) is 0 Å². The number of ether oxygens (including phenoxy) is 1. The fourth-order valence-electron chi connectivity index (χ4n) is 3.21. The summed E-state index contributed by atoms with van der Waals surface area (Å²) in [6, 6.07) is 11.8. The Balaban J connectivity index is 1.37. The number of primary sulfonamides is 1. The third kappa shape index (κ3) is 4.78. The van der Waals surface area contributed by atoms with Crippen LogP contribution in [0.1, 0.15) is 15.9 Å². The fraction of sp³-hybridized carbons (Fsp3) is 0.300. The molecule has 3 N–H and O–H groups in total. The number of morpholine rings is 1. The van der Waals surface area contributed by atoms with Crippen molar-refractivity contribution in [3.8, 4) is 0 Å². The molecule has 2 aromatic carbocycles. The summed E-state index contributed by atoms with van der Waals surface area (Å²) in [5, 5.41) is 8.95. The van der Waals surface area contributed by atoms with E-state index in [-0.39, 0.29) is 10.8 Å².